The van der Waals surface area contributed by atoms with E-state index >= 15 is 0 Å². The van der Waals surface area contributed by atoms with E-state index in [4.69, 9.17) is 5.73 Å². The molecule has 1 amide bonds. The van der Waals surface area contributed by atoms with Crippen LogP contribution in [0.1, 0.15) is 44.6 Å². The molecule has 3 rings (SSSR count). The lowest BCUT2D eigenvalue weighted by Gasteiger charge is -2.33. The van der Waals surface area contributed by atoms with Crippen LogP contribution in [0, 0.1) is 6.92 Å². The van der Waals surface area contributed by atoms with Gasteiger partial charge in [0, 0.05) is 17.6 Å². The molecule has 0 fully saturated rings. The predicted molar refractivity (Wildman–Crippen MR) is 87.7 cm³/mol. The number of fused-ring (bicyclic) bond motifs is 1. The molecule has 4 heteroatoms. The SMILES string of the molecule is Cc1sc(C(=O)N(C)C2CCCc3ccccc32)cc1N. The van der Waals surface area contributed by atoms with Crippen LogP contribution in [0.4, 0.5) is 5.69 Å². The van der Waals surface area contributed by atoms with E-state index in [-0.39, 0.29) is 11.9 Å². The molecule has 2 aromatic rings. The lowest BCUT2D eigenvalue weighted by Crippen LogP contribution is -2.32. The summed E-state index contributed by atoms with van der Waals surface area (Å²) in [5.41, 5.74) is 9.25. The topological polar surface area (TPSA) is 46.3 Å². The third-order valence-electron chi connectivity index (χ3n) is 4.29. The van der Waals surface area contributed by atoms with Gasteiger partial charge in [-0.05, 0) is 43.4 Å². The molecule has 1 aliphatic carbocycles. The number of rotatable bonds is 2. The van der Waals surface area contributed by atoms with E-state index in [1.54, 1.807) is 6.07 Å². The lowest BCUT2D eigenvalue weighted by molar-refractivity contribution is 0.0720. The van der Waals surface area contributed by atoms with Crippen molar-refractivity contribution < 1.29 is 4.79 Å². The summed E-state index contributed by atoms with van der Waals surface area (Å²) in [4.78, 5) is 16.3. The van der Waals surface area contributed by atoms with Crippen LogP contribution in [0.5, 0.6) is 0 Å². The molecule has 0 saturated heterocycles. The second-order valence-corrected chi connectivity index (χ2v) is 6.90. The van der Waals surface area contributed by atoms with E-state index in [0.717, 1.165) is 29.0 Å². The number of carbonyl (C=O) groups is 1. The molecule has 0 saturated carbocycles. The molecule has 0 radical (unpaired) electrons. The van der Waals surface area contributed by atoms with Gasteiger partial charge in [0.2, 0.25) is 0 Å². The maximum absolute atomic E-state index is 12.7. The van der Waals surface area contributed by atoms with Crippen LogP contribution in [0.25, 0.3) is 0 Å². The number of nitrogen functional groups attached to an aromatic ring is 1. The number of thiophene rings is 1. The average molecular weight is 300 g/mol. The van der Waals surface area contributed by atoms with Gasteiger partial charge in [-0.1, -0.05) is 24.3 Å². The Kier molecular flexibility index (Phi) is 3.72. The molecule has 0 spiro atoms. The van der Waals surface area contributed by atoms with E-state index in [2.05, 4.69) is 24.3 Å². The maximum atomic E-state index is 12.7. The van der Waals surface area contributed by atoms with E-state index in [1.165, 1.54) is 22.5 Å². The lowest BCUT2D eigenvalue weighted by atomic mass is 9.87. The van der Waals surface area contributed by atoms with Crippen molar-refractivity contribution in [3.05, 3.63) is 51.2 Å². The minimum absolute atomic E-state index is 0.0708. The summed E-state index contributed by atoms with van der Waals surface area (Å²) in [7, 11) is 1.90. The molecule has 110 valence electrons. The van der Waals surface area contributed by atoms with Crippen molar-refractivity contribution in [3.8, 4) is 0 Å². The fraction of sp³-hybridized carbons (Fsp3) is 0.353. The Labute approximate surface area is 129 Å². The Morgan fingerprint density at radius 1 is 1.38 bits per heavy atom. The first-order valence-corrected chi connectivity index (χ1v) is 8.10. The summed E-state index contributed by atoms with van der Waals surface area (Å²) in [6, 6.07) is 10.4. The van der Waals surface area contributed by atoms with Crippen molar-refractivity contribution in [2.75, 3.05) is 12.8 Å². The summed E-state index contributed by atoms with van der Waals surface area (Å²) < 4.78 is 0. The zero-order valence-corrected chi connectivity index (χ0v) is 13.2. The minimum Gasteiger partial charge on any atom is -0.398 e. The highest BCUT2D eigenvalue weighted by molar-refractivity contribution is 7.14. The number of carbonyl (C=O) groups excluding carboxylic acids is 1. The van der Waals surface area contributed by atoms with Gasteiger partial charge < -0.3 is 10.6 Å². The minimum atomic E-state index is 0.0708. The number of benzene rings is 1. The average Bonchev–Trinajstić information content (AvgIpc) is 2.84. The highest BCUT2D eigenvalue weighted by Crippen LogP contribution is 2.35. The fourth-order valence-electron chi connectivity index (χ4n) is 3.05. The first-order chi connectivity index (χ1) is 10.1. The van der Waals surface area contributed by atoms with Crippen molar-refractivity contribution in [1.29, 1.82) is 0 Å². The van der Waals surface area contributed by atoms with Crippen LogP contribution in [0.3, 0.4) is 0 Å². The molecule has 1 atom stereocenters. The van der Waals surface area contributed by atoms with Gasteiger partial charge in [0.25, 0.3) is 5.91 Å². The summed E-state index contributed by atoms with van der Waals surface area (Å²) in [6.07, 6.45) is 3.27. The Morgan fingerprint density at radius 2 is 2.14 bits per heavy atom. The quantitative estimate of drug-likeness (QED) is 0.917. The van der Waals surface area contributed by atoms with Crippen LogP contribution in [-0.2, 0) is 6.42 Å². The summed E-state index contributed by atoms with van der Waals surface area (Å²) in [5.74, 6) is 0.0708. The summed E-state index contributed by atoms with van der Waals surface area (Å²) in [5, 5.41) is 0. The Morgan fingerprint density at radius 3 is 2.86 bits per heavy atom. The fourth-order valence-corrected chi connectivity index (χ4v) is 3.97. The smallest absolute Gasteiger partial charge is 0.264 e. The third kappa shape index (κ3) is 2.56. The second kappa shape index (κ2) is 5.53. The van der Waals surface area contributed by atoms with Gasteiger partial charge in [0.05, 0.1) is 10.9 Å². The molecule has 1 unspecified atom stereocenters. The first-order valence-electron chi connectivity index (χ1n) is 7.29. The highest BCUT2D eigenvalue weighted by Gasteiger charge is 2.27. The first kappa shape index (κ1) is 14.1. The molecular formula is C17H20N2OS. The van der Waals surface area contributed by atoms with Gasteiger partial charge in [-0.3, -0.25) is 4.79 Å². The second-order valence-electron chi connectivity index (χ2n) is 5.65. The molecule has 2 N–H and O–H groups in total. The number of amides is 1. The molecular weight excluding hydrogens is 280 g/mol. The van der Waals surface area contributed by atoms with Gasteiger partial charge in [-0.15, -0.1) is 11.3 Å². The van der Waals surface area contributed by atoms with Crippen LogP contribution >= 0.6 is 11.3 Å². The van der Waals surface area contributed by atoms with E-state index < -0.39 is 0 Å². The van der Waals surface area contributed by atoms with E-state index in [0.29, 0.717) is 5.69 Å². The Balaban J connectivity index is 1.89. The van der Waals surface area contributed by atoms with Crippen molar-refractivity contribution in [2.45, 2.75) is 32.2 Å². The van der Waals surface area contributed by atoms with Crippen molar-refractivity contribution >= 4 is 22.9 Å². The molecule has 1 heterocycles. The van der Waals surface area contributed by atoms with Gasteiger partial charge >= 0.3 is 0 Å². The van der Waals surface area contributed by atoms with Crippen molar-refractivity contribution in [3.63, 3.8) is 0 Å². The third-order valence-corrected chi connectivity index (χ3v) is 5.35. The van der Waals surface area contributed by atoms with Crippen LogP contribution in [-0.4, -0.2) is 17.9 Å². The number of nitrogens with two attached hydrogens (primary N) is 1. The summed E-state index contributed by atoms with van der Waals surface area (Å²) >= 11 is 1.48. The van der Waals surface area contributed by atoms with E-state index in [1.807, 2.05) is 18.9 Å². The molecule has 0 aliphatic heterocycles. The zero-order chi connectivity index (χ0) is 15.0. The Hall–Kier alpha value is -1.81. The van der Waals surface area contributed by atoms with Gasteiger partial charge in [0.1, 0.15) is 0 Å². The molecule has 1 aromatic carbocycles. The number of hydrogen-bond donors (Lipinski definition) is 1. The normalized spacial score (nSPS) is 17.3. The molecule has 21 heavy (non-hydrogen) atoms. The van der Waals surface area contributed by atoms with Gasteiger partial charge in [0.15, 0.2) is 0 Å². The molecule has 1 aliphatic rings. The number of hydrogen-bond acceptors (Lipinski definition) is 3. The molecule has 3 nitrogen and oxygen atoms in total. The number of aryl methyl sites for hydroxylation is 2. The largest absolute Gasteiger partial charge is 0.398 e. The predicted octanol–water partition coefficient (Wildman–Crippen LogP) is 3.79. The van der Waals surface area contributed by atoms with E-state index in [9.17, 15) is 4.79 Å². The maximum Gasteiger partial charge on any atom is 0.264 e. The van der Waals surface area contributed by atoms with Crippen molar-refractivity contribution in [2.24, 2.45) is 0 Å². The highest BCUT2D eigenvalue weighted by atomic mass is 32.1. The standard InChI is InChI=1S/C17H20N2OS/c1-11-14(18)10-16(21-11)17(20)19(2)15-9-5-7-12-6-3-4-8-13(12)15/h3-4,6,8,10,15H,5,7,9,18H2,1-2H3. The zero-order valence-electron chi connectivity index (χ0n) is 12.4. The molecule has 0 bridgehead atoms. The number of nitrogens with zero attached hydrogens (tertiary/aromatic N) is 1. The van der Waals surface area contributed by atoms with Crippen LogP contribution in [0.15, 0.2) is 30.3 Å². The van der Waals surface area contributed by atoms with Crippen molar-refractivity contribution in [1.82, 2.24) is 4.90 Å². The number of anilines is 1. The summed E-state index contributed by atoms with van der Waals surface area (Å²) in [6.45, 7) is 1.95. The van der Waals surface area contributed by atoms with Crippen LogP contribution in [0.2, 0.25) is 0 Å². The Bertz CT molecular complexity index is 658. The van der Waals surface area contributed by atoms with Gasteiger partial charge in [-0.2, -0.15) is 0 Å². The molecule has 1 aromatic heterocycles. The van der Waals surface area contributed by atoms with Gasteiger partial charge in [-0.25, -0.2) is 0 Å². The van der Waals surface area contributed by atoms with Crippen LogP contribution < -0.4 is 5.73 Å². The monoisotopic (exact) mass is 300 g/mol.